The normalized spacial score (nSPS) is 15.2. The smallest absolute Gasteiger partial charge is 0.129 e. The van der Waals surface area contributed by atoms with E-state index in [1.807, 2.05) is 0 Å². The molecule has 14 heavy (non-hydrogen) atoms. The molecule has 0 radical (unpaired) electrons. The summed E-state index contributed by atoms with van der Waals surface area (Å²) in [5, 5.41) is 9.76. The number of ether oxygens (including phenoxy) is 1. The van der Waals surface area contributed by atoms with Gasteiger partial charge in [-0.25, -0.2) is 8.78 Å². The van der Waals surface area contributed by atoms with E-state index in [-0.39, 0.29) is 12.2 Å². The van der Waals surface area contributed by atoms with Gasteiger partial charge in [0.15, 0.2) is 0 Å². The molecule has 0 bridgehead atoms. The molecule has 0 spiro atoms. The Balaban J connectivity index is 3.10. The minimum atomic E-state index is -1.51. The predicted molar refractivity (Wildman–Crippen MR) is 47.8 cm³/mol. The molecule has 1 aromatic carbocycles. The van der Waals surface area contributed by atoms with E-state index in [0.29, 0.717) is 0 Å². The number of hydrogen-bond donors (Lipinski definition) is 1. The summed E-state index contributed by atoms with van der Waals surface area (Å²) in [6.07, 6.45) is 0. The standard InChI is InChI=1S/C10H12F2O2/c1-10(13,6-14-2)8-5-7(11)3-4-9(8)12/h3-5,13H,6H2,1-2H3. The van der Waals surface area contributed by atoms with E-state index in [9.17, 15) is 13.9 Å². The predicted octanol–water partition coefficient (Wildman–Crippen LogP) is 1.82. The number of methoxy groups -OCH3 is 1. The van der Waals surface area contributed by atoms with Crippen molar-refractivity contribution in [2.45, 2.75) is 12.5 Å². The van der Waals surface area contributed by atoms with Gasteiger partial charge >= 0.3 is 0 Å². The minimum absolute atomic E-state index is 0.0899. The Bertz CT molecular complexity index is 324. The summed E-state index contributed by atoms with van der Waals surface area (Å²) < 4.78 is 30.7. The molecule has 0 aliphatic heterocycles. The number of hydrogen-bond acceptors (Lipinski definition) is 2. The van der Waals surface area contributed by atoms with Gasteiger partial charge < -0.3 is 9.84 Å². The first-order chi connectivity index (χ1) is 6.47. The molecule has 0 heterocycles. The fourth-order valence-corrected chi connectivity index (χ4v) is 1.27. The Kier molecular flexibility index (Phi) is 3.18. The zero-order valence-electron chi connectivity index (χ0n) is 8.05. The second kappa shape index (κ2) is 4.02. The van der Waals surface area contributed by atoms with Crippen LogP contribution in [0.15, 0.2) is 18.2 Å². The van der Waals surface area contributed by atoms with Crippen LogP contribution in [0, 0.1) is 11.6 Å². The molecule has 0 saturated heterocycles. The number of benzene rings is 1. The summed E-state index contributed by atoms with van der Waals surface area (Å²) in [7, 11) is 1.38. The average molecular weight is 202 g/mol. The van der Waals surface area contributed by atoms with Crippen LogP contribution in [-0.2, 0) is 10.3 Å². The van der Waals surface area contributed by atoms with Crippen molar-refractivity contribution in [2.24, 2.45) is 0 Å². The second-order valence-electron chi connectivity index (χ2n) is 3.33. The SMILES string of the molecule is COCC(C)(O)c1cc(F)ccc1F. The van der Waals surface area contributed by atoms with E-state index in [1.54, 1.807) is 0 Å². The van der Waals surface area contributed by atoms with Crippen LogP contribution >= 0.6 is 0 Å². The lowest BCUT2D eigenvalue weighted by Gasteiger charge is -2.23. The van der Waals surface area contributed by atoms with Gasteiger partial charge in [-0.1, -0.05) is 0 Å². The summed E-state index contributed by atoms with van der Waals surface area (Å²) >= 11 is 0. The van der Waals surface area contributed by atoms with Gasteiger partial charge in [-0.05, 0) is 25.1 Å². The molecule has 0 fully saturated rings. The Labute approximate surface area is 81.1 Å². The van der Waals surface area contributed by atoms with Crippen molar-refractivity contribution in [1.29, 1.82) is 0 Å². The van der Waals surface area contributed by atoms with Crippen LogP contribution in [0.25, 0.3) is 0 Å². The van der Waals surface area contributed by atoms with Gasteiger partial charge in [0.05, 0.1) is 6.61 Å². The maximum Gasteiger partial charge on any atom is 0.129 e. The van der Waals surface area contributed by atoms with Gasteiger partial charge in [0, 0.05) is 12.7 Å². The van der Waals surface area contributed by atoms with Crippen LogP contribution in [0.4, 0.5) is 8.78 Å². The zero-order chi connectivity index (χ0) is 10.8. The zero-order valence-corrected chi connectivity index (χ0v) is 8.05. The molecule has 1 N–H and O–H groups in total. The largest absolute Gasteiger partial charge is 0.383 e. The van der Waals surface area contributed by atoms with Gasteiger partial charge in [0.25, 0.3) is 0 Å². The molecule has 1 aromatic rings. The topological polar surface area (TPSA) is 29.5 Å². The van der Waals surface area contributed by atoms with Crippen LogP contribution in [0.3, 0.4) is 0 Å². The van der Waals surface area contributed by atoms with Crippen LogP contribution in [0.1, 0.15) is 12.5 Å². The van der Waals surface area contributed by atoms with Crippen LogP contribution in [0.2, 0.25) is 0 Å². The fourth-order valence-electron chi connectivity index (χ4n) is 1.27. The maximum atomic E-state index is 13.2. The third kappa shape index (κ3) is 2.27. The van der Waals surface area contributed by atoms with Crippen molar-refractivity contribution in [3.05, 3.63) is 35.4 Å². The Hall–Kier alpha value is -1.00. The summed E-state index contributed by atoms with van der Waals surface area (Å²) in [6.45, 7) is 1.28. The van der Waals surface area contributed by atoms with E-state index in [1.165, 1.54) is 14.0 Å². The Morgan fingerprint density at radius 1 is 1.43 bits per heavy atom. The molecule has 1 unspecified atom stereocenters. The summed E-state index contributed by atoms with van der Waals surface area (Å²) in [4.78, 5) is 0. The molecule has 0 saturated carbocycles. The van der Waals surface area contributed by atoms with Crippen molar-refractivity contribution in [3.63, 3.8) is 0 Å². The highest BCUT2D eigenvalue weighted by Gasteiger charge is 2.26. The molecule has 2 nitrogen and oxygen atoms in total. The van der Waals surface area contributed by atoms with Gasteiger partial charge in [-0.15, -0.1) is 0 Å². The molecular formula is C10H12F2O2. The minimum Gasteiger partial charge on any atom is -0.383 e. The molecule has 0 aromatic heterocycles. The highest BCUT2D eigenvalue weighted by Crippen LogP contribution is 2.24. The van der Waals surface area contributed by atoms with Gasteiger partial charge in [0.1, 0.15) is 17.2 Å². The van der Waals surface area contributed by atoms with Crippen molar-refractivity contribution in [2.75, 3.05) is 13.7 Å². The van der Waals surface area contributed by atoms with Gasteiger partial charge in [0.2, 0.25) is 0 Å². The van der Waals surface area contributed by atoms with Crippen molar-refractivity contribution < 1.29 is 18.6 Å². The quantitative estimate of drug-likeness (QED) is 0.810. The van der Waals surface area contributed by atoms with Crippen LogP contribution in [-0.4, -0.2) is 18.8 Å². The highest BCUT2D eigenvalue weighted by atomic mass is 19.1. The molecule has 4 heteroatoms. The van der Waals surface area contributed by atoms with E-state index < -0.39 is 17.2 Å². The number of halogens is 2. The van der Waals surface area contributed by atoms with E-state index in [4.69, 9.17) is 4.74 Å². The first-order valence-corrected chi connectivity index (χ1v) is 4.14. The maximum absolute atomic E-state index is 13.2. The molecule has 0 aliphatic carbocycles. The van der Waals surface area contributed by atoms with Crippen molar-refractivity contribution in [1.82, 2.24) is 0 Å². The van der Waals surface area contributed by atoms with Crippen LogP contribution in [0.5, 0.6) is 0 Å². The molecule has 0 aliphatic rings. The monoisotopic (exact) mass is 202 g/mol. The molecule has 1 atom stereocenters. The summed E-state index contributed by atoms with van der Waals surface area (Å²) in [6, 6.07) is 2.95. The summed E-state index contributed by atoms with van der Waals surface area (Å²) in [5.74, 6) is -1.23. The first kappa shape index (κ1) is 11.1. The lowest BCUT2D eigenvalue weighted by atomic mass is 9.96. The van der Waals surface area contributed by atoms with Gasteiger partial charge in [-0.2, -0.15) is 0 Å². The van der Waals surface area contributed by atoms with Crippen LogP contribution < -0.4 is 0 Å². The number of rotatable bonds is 3. The van der Waals surface area contributed by atoms with E-state index in [2.05, 4.69) is 0 Å². The van der Waals surface area contributed by atoms with E-state index in [0.717, 1.165) is 18.2 Å². The van der Waals surface area contributed by atoms with Crippen molar-refractivity contribution >= 4 is 0 Å². The van der Waals surface area contributed by atoms with Gasteiger partial charge in [-0.3, -0.25) is 0 Å². The third-order valence-corrected chi connectivity index (χ3v) is 1.93. The summed E-state index contributed by atoms with van der Waals surface area (Å²) in [5.41, 5.74) is -1.61. The van der Waals surface area contributed by atoms with E-state index >= 15 is 0 Å². The molecule has 1 rings (SSSR count). The second-order valence-corrected chi connectivity index (χ2v) is 3.33. The Morgan fingerprint density at radius 3 is 2.64 bits per heavy atom. The third-order valence-electron chi connectivity index (χ3n) is 1.93. The van der Waals surface area contributed by atoms with Crippen molar-refractivity contribution in [3.8, 4) is 0 Å². The average Bonchev–Trinajstić information content (AvgIpc) is 2.09. The fraction of sp³-hybridized carbons (Fsp3) is 0.400. The lowest BCUT2D eigenvalue weighted by Crippen LogP contribution is -2.28. The molecular weight excluding hydrogens is 190 g/mol. The molecule has 78 valence electrons. The molecule has 0 amide bonds. The first-order valence-electron chi connectivity index (χ1n) is 4.14. The highest BCUT2D eigenvalue weighted by molar-refractivity contribution is 5.24. The number of aliphatic hydroxyl groups is 1. The Morgan fingerprint density at radius 2 is 2.07 bits per heavy atom. The lowest BCUT2D eigenvalue weighted by molar-refractivity contribution is -0.0234.